The Kier molecular flexibility index (Phi) is 5.47. The third-order valence-corrected chi connectivity index (χ3v) is 2.84. The van der Waals surface area contributed by atoms with Gasteiger partial charge in [-0.25, -0.2) is 0 Å². The van der Waals surface area contributed by atoms with Crippen LogP contribution in [0.1, 0.15) is 51.0 Å². The van der Waals surface area contributed by atoms with Crippen LogP contribution in [-0.4, -0.2) is 11.6 Å². The number of aryl methyl sites for hydroxylation is 1. The molecule has 1 aromatic heterocycles. The molecule has 0 amide bonds. The molecule has 0 spiro atoms. The predicted molar refractivity (Wildman–Crippen MR) is 67.4 cm³/mol. The lowest BCUT2D eigenvalue weighted by molar-refractivity contribution is -0.00640. The van der Waals surface area contributed by atoms with Crippen LogP contribution < -0.4 is 0 Å². The van der Waals surface area contributed by atoms with Gasteiger partial charge in [-0.3, -0.25) is 4.98 Å². The van der Waals surface area contributed by atoms with E-state index >= 15 is 0 Å². The predicted octanol–water partition coefficient (Wildman–Crippen LogP) is 3.90. The molecule has 1 aromatic rings. The summed E-state index contributed by atoms with van der Waals surface area (Å²) in [5, 5.41) is 0. The van der Waals surface area contributed by atoms with Gasteiger partial charge in [0.1, 0.15) is 0 Å². The third kappa shape index (κ3) is 3.60. The summed E-state index contributed by atoms with van der Waals surface area (Å²) in [6.45, 7) is 9.21. The minimum Gasteiger partial charge on any atom is -0.374 e. The summed E-state index contributed by atoms with van der Waals surface area (Å²) in [4.78, 5) is 4.20. The zero-order chi connectivity index (χ0) is 12.0. The zero-order valence-corrected chi connectivity index (χ0v) is 10.9. The summed E-state index contributed by atoms with van der Waals surface area (Å²) >= 11 is 0. The Morgan fingerprint density at radius 2 is 2.12 bits per heavy atom. The smallest absolute Gasteiger partial charge is 0.0828 e. The summed E-state index contributed by atoms with van der Waals surface area (Å²) < 4.78 is 5.76. The number of ether oxygens (including phenoxy) is 1. The number of hydrogen-bond donors (Lipinski definition) is 0. The molecular weight excluding hydrogens is 198 g/mol. The molecule has 2 nitrogen and oxygen atoms in total. The van der Waals surface area contributed by atoms with Crippen LogP contribution in [0, 0.1) is 12.8 Å². The summed E-state index contributed by atoms with van der Waals surface area (Å²) in [6, 6.07) is 4.19. The number of pyridine rings is 1. The lowest BCUT2D eigenvalue weighted by Gasteiger charge is -2.27. The van der Waals surface area contributed by atoms with Crippen LogP contribution in [0.25, 0.3) is 0 Å². The Balaban J connectivity index is 0.000000606. The van der Waals surface area contributed by atoms with Gasteiger partial charge in [0, 0.05) is 18.5 Å². The van der Waals surface area contributed by atoms with E-state index in [4.69, 9.17) is 4.74 Å². The molecule has 0 saturated carbocycles. The van der Waals surface area contributed by atoms with E-state index in [0.717, 1.165) is 24.6 Å². The minimum absolute atomic E-state index is 0.292. The fourth-order valence-corrected chi connectivity index (χ4v) is 1.96. The van der Waals surface area contributed by atoms with E-state index in [-0.39, 0.29) is 0 Å². The molecule has 90 valence electrons. The van der Waals surface area contributed by atoms with Crippen LogP contribution >= 0.6 is 0 Å². The number of hydrogen-bond acceptors (Lipinski definition) is 2. The van der Waals surface area contributed by atoms with Crippen LogP contribution in [0.5, 0.6) is 0 Å². The van der Waals surface area contributed by atoms with Crippen LogP contribution in [0.3, 0.4) is 0 Å². The van der Waals surface area contributed by atoms with Crippen molar-refractivity contribution in [1.82, 2.24) is 4.98 Å². The SMILES string of the molecule is CC.Cc1cc(C2CC(C)CCO2)ccn1. The normalized spacial score (nSPS) is 24.5. The summed E-state index contributed by atoms with van der Waals surface area (Å²) in [7, 11) is 0. The Bertz CT molecular complexity index is 311. The molecule has 0 bridgehead atoms. The van der Waals surface area contributed by atoms with Crippen LogP contribution in [0.2, 0.25) is 0 Å². The molecule has 2 unspecified atom stereocenters. The van der Waals surface area contributed by atoms with Gasteiger partial charge >= 0.3 is 0 Å². The second-order valence-electron chi connectivity index (χ2n) is 4.22. The van der Waals surface area contributed by atoms with Crippen molar-refractivity contribution in [3.05, 3.63) is 29.6 Å². The standard InChI is InChI=1S/C12H17NO.C2H6/c1-9-4-6-14-12(7-9)11-3-5-13-10(2)8-11;1-2/h3,5,8-9,12H,4,6-7H2,1-2H3;1-2H3. The summed E-state index contributed by atoms with van der Waals surface area (Å²) in [6.07, 6.45) is 4.50. The third-order valence-electron chi connectivity index (χ3n) is 2.84. The molecule has 0 aliphatic carbocycles. The minimum atomic E-state index is 0.292. The van der Waals surface area contributed by atoms with E-state index < -0.39 is 0 Å². The molecule has 1 aliphatic heterocycles. The quantitative estimate of drug-likeness (QED) is 0.717. The fourth-order valence-electron chi connectivity index (χ4n) is 1.96. The Morgan fingerprint density at radius 1 is 1.38 bits per heavy atom. The second-order valence-corrected chi connectivity index (χ2v) is 4.22. The molecule has 2 heterocycles. The molecule has 0 aromatic carbocycles. The van der Waals surface area contributed by atoms with Crippen molar-refractivity contribution < 1.29 is 4.74 Å². The monoisotopic (exact) mass is 221 g/mol. The van der Waals surface area contributed by atoms with Gasteiger partial charge in [-0.2, -0.15) is 0 Å². The molecule has 1 saturated heterocycles. The maximum absolute atomic E-state index is 5.76. The first-order valence-electron chi connectivity index (χ1n) is 6.30. The highest BCUT2D eigenvalue weighted by Gasteiger charge is 2.20. The highest BCUT2D eigenvalue weighted by molar-refractivity contribution is 5.18. The molecule has 1 aliphatic rings. The largest absolute Gasteiger partial charge is 0.374 e. The highest BCUT2D eigenvalue weighted by Crippen LogP contribution is 2.31. The van der Waals surface area contributed by atoms with E-state index in [1.165, 1.54) is 12.0 Å². The van der Waals surface area contributed by atoms with Crippen LogP contribution in [0.4, 0.5) is 0 Å². The molecular formula is C14H23NO. The molecule has 0 radical (unpaired) electrons. The van der Waals surface area contributed by atoms with Gasteiger partial charge in [0.05, 0.1) is 6.10 Å². The van der Waals surface area contributed by atoms with Gasteiger partial charge < -0.3 is 4.74 Å². The van der Waals surface area contributed by atoms with Crippen molar-refractivity contribution in [3.63, 3.8) is 0 Å². The van der Waals surface area contributed by atoms with E-state index in [0.29, 0.717) is 6.10 Å². The first-order chi connectivity index (χ1) is 7.75. The number of nitrogens with zero attached hydrogens (tertiary/aromatic N) is 1. The first kappa shape index (κ1) is 13.2. The van der Waals surface area contributed by atoms with Crippen LogP contribution in [-0.2, 0) is 4.74 Å². The lowest BCUT2D eigenvalue weighted by Crippen LogP contribution is -2.17. The Hall–Kier alpha value is -0.890. The van der Waals surface area contributed by atoms with Crippen molar-refractivity contribution in [3.8, 4) is 0 Å². The molecule has 2 heteroatoms. The Labute approximate surface area is 99.0 Å². The van der Waals surface area contributed by atoms with Gasteiger partial charge in [0.2, 0.25) is 0 Å². The fraction of sp³-hybridized carbons (Fsp3) is 0.643. The first-order valence-corrected chi connectivity index (χ1v) is 6.30. The van der Waals surface area contributed by atoms with E-state index in [9.17, 15) is 0 Å². The number of aromatic nitrogens is 1. The summed E-state index contributed by atoms with van der Waals surface area (Å²) in [5.74, 6) is 0.780. The van der Waals surface area contributed by atoms with Gasteiger partial charge in [-0.1, -0.05) is 20.8 Å². The van der Waals surface area contributed by atoms with E-state index in [1.54, 1.807) is 0 Å². The molecule has 16 heavy (non-hydrogen) atoms. The lowest BCUT2D eigenvalue weighted by atomic mass is 9.94. The van der Waals surface area contributed by atoms with Gasteiger partial charge in [0.25, 0.3) is 0 Å². The Morgan fingerprint density at radius 3 is 2.75 bits per heavy atom. The van der Waals surface area contributed by atoms with E-state index in [1.807, 2.05) is 27.0 Å². The van der Waals surface area contributed by atoms with Crippen molar-refractivity contribution in [2.24, 2.45) is 5.92 Å². The van der Waals surface area contributed by atoms with Crippen LogP contribution in [0.15, 0.2) is 18.3 Å². The molecule has 1 fully saturated rings. The van der Waals surface area contributed by atoms with Gasteiger partial charge in [0.15, 0.2) is 0 Å². The van der Waals surface area contributed by atoms with Crippen molar-refractivity contribution in [2.75, 3.05) is 6.61 Å². The van der Waals surface area contributed by atoms with Gasteiger partial charge in [-0.05, 0) is 43.4 Å². The summed E-state index contributed by atoms with van der Waals surface area (Å²) in [5.41, 5.74) is 2.35. The topological polar surface area (TPSA) is 22.1 Å². The maximum atomic E-state index is 5.76. The maximum Gasteiger partial charge on any atom is 0.0828 e. The number of rotatable bonds is 1. The molecule has 2 atom stereocenters. The van der Waals surface area contributed by atoms with Crippen molar-refractivity contribution in [2.45, 2.75) is 46.6 Å². The average Bonchev–Trinajstić information content (AvgIpc) is 2.32. The van der Waals surface area contributed by atoms with E-state index in [2.05, 4.69) is 24.0 Å². The molecule has 0 N–H and O–H groups in total. The highest BCUT2D eigenvalue weighted by atomic mass is 16.5. The van der Waals surface area contributed by atoms with Crippen molar-refractivity contribution in [1.29, 1.82) is 0 Å². The molecule has 2 rings (SSSR count). The van der Waals surface area contributed by atoms with Gasteiger partial charge in [-0.15, -0.1) is 0 Å². The average molecular weight is 221 g/mol. The zero-order valence-electron chi connectivity index (χ0n) is 10.9. The van der Waals surface area contributed by atoms with Crippen molar-refractivity contribution >= 4 is 0 Å². The second kappa shape index (κ2) is 6.64.